The fourth-order valence-electron chi connectivity index (χ4n) is 4.43. The molecule has 1 unspecified atom stereocenters. The number of rotatable bonds is 11. The van der Waals surface area contributed by atoms with Crippen LogP contribution in [0.2, 0.25) is 5.02 Å². The molecule has 4 rings (SSSR count). The van der Waals surface area contributed by atoms with E-state index in [1.54, 1.807) is 42.5 Å². The van der Waals surface area contributed by atoms with Crippen molar-refractivity contribution in [2.45, 2.75) is 31.1 Å². The highest BCUT2D eigenvalue weighted by molar-refractivity contribution is 6.33. The summed E-state index contributed by atoms with van der Waals surface area (Å²) in [5, 5.41) is 12.3. The minimum absolute atomic E-state index is 0.0703. The van der Waals surface area contributed by atoms with Crippen LogP contribution in [-0.2, 0) is 21.4 Å². The third-order valence-electron chi connectivity index (χ3n) is 6.33. The number of carbonyl (C=O) groups excluding carboxylic acids is 1. The molecule has 214 valence electrons. The number of hydrogen-bond acceptors (Lipinski definition) is 6. The maximum atomic E-state index is 14.2. The van der Waals surface area contributed by atoms with Gasteiger partial charge in [-0.3, -0.25) is 9.59 Å². The zero-order chi connectivity index (χ0) is 29.8. The fraction of sp³-hybridized carbons (Fsp3) is 0.286. The van der Waals surface area contributed by atoms with Gasteiger partial charge in [0.1, 0.15) is 25.1 Å². The van der Waals surface area contributed by atoms with E-state index in [0.717, 1.165) is 6.07 Å². The molecule has 1 amide bonds. The van der Waals surface area contributed by atoms with Crippen molar-refractivity contribution in [2.24, 2.45) is 0 Å². The van der Waals surface area contributed by atoms with Gasteiger partial charge < -0.3 is 29.5 Å². The topological polar surface area (TPSA) is 97.3 Å². The van der Waals surface area contributed by atoms with E-state index in [2.05, 4.69) is 10.1 Å². The molecule has 1 aliphatic rings. The average Bonchev–Trinajstić information content (AvgIpc) is 3.33. The van der Waals surface area contributed by atoms with Crippen molar-refractivity contribution in [2.75, 3.05) is 30.5 Å². The second-order valence-electron chi connectivity index (χ2n) is 9.23. The van der Waals surface area contributed by atoms with Gasteiger partial charge in [0.05, 0.1) is 24.8 Å². The number of ether oxygens (including phenoxy) is 3. The largest absolute Gasteiger partial charge is 0.573 e. The van der Waals surface area contributed by atoms with E-state index >= 15 is 0 Å². The molecule has 0 saturated carbocycles. The Labute approximate surface area is 240 Å². The Morgan fingerprint density at radius 2 is 1.76 bits per heavy atom. The molecule has 3 aromatic rings. The summed E-state index contributed by atoms with van der Waals surface area (Å²) < 4.78 is 53.7. The summed E-state index contributed by atoms with van der Waals surface area (Å²) in [6.45, 7) is 0.295. The summed E-state index contributed by atoms with van der Waals surface area (Å²) >= 11 is 6.07. The predicted octanol–water partition coefficient (Wildman–Crippen LogP) is 5.51. The third kappa shape index (κ3) is 7.37. The number of alkyl halides is 3. The van der Waals surface area contributed by atoms with E-state index in [4.69, 9.17) is 34.0 Å². The van der Waals surface area contributed by atoms with Crippen LogP contribution >= 0.6 is 11.6 Å². The lowest BCUT2D eigenvalue weighted by molar-refractivity contribution is -0.274. The lowest BCUT2D eigenvalue weighted by Gasteiger charge is -2.36. The Hall–Kier alpha value is -4.06. The predicted molar refractivity (Wildman–Crippen MR) is 147 cm³/mol. The summed E-state index contributed by atoms with van der Waals surface area (Å²) in [6.07, 6.45) is -4.30. The highest BCUT2D eigenvalue weighted by atomic mass is 35.5. The van der Waals surface area contributed by atoms with Gasteiger partial charge >= 0.3 is 12.3 Å². The number of carboxylic acid groups (broad SMARTS) is 1. The monoisotopic (exact) mass is 588 g/mol. The van der Waals surface area contributed by atoms with E-state index in [1.165, 1.54) is 24.1 Å². The number of carbonyl (C=O) groups is 2. The maximum absolute atomic E-state index is 14.2. The molecule has 41 heavy (non-hydrogen) atoms. The van der Waals surface area contributed by atoms with Gasteiger partial charge in [0, 0.05) is 47.9 Å². The van der Waals surface area contributed by atoms with Crippen LogP contribution in [-0.4, -0.2) is 51.5 Å². The number of aliphatic carboxylic acids is 1. The molecular weight excluding hydrogens is 564 g/mol. The van der Waals surface area contributed by atoms with E-state index in [1.807, 2.05) is 0 Å². The van der Waals surface area contributed by atoms with Gasteiger partial charge in [-0.05, 0) is 42.2 Å². The number of nitrogens with one attached hydrogen (secondary N) is 1. The van der Waals surface area contributed by atoms with Crippen LogP contribution in [0.25, 0.3) is 0 Å². The Morgan fingerprint density at radius 3 is 2.41 bits per heavy atom. The first-order chi connectivity index (χ1) is 19.4. The van der Waals surface area contributed by atoms with E-state index in [0.29, 0.717) is 39.8 Å². The summed E-state index contributed by atoms with van der Waals surface area (Å²) in [7, 11) is 8.25. The molecule has 1 atom stereocenters. The number of nitrogens with zero attached hydrogens (tertiary/aromatic N) is 1. The number of hydrogen-bond donors (Lipinski definition) is 2. The number of benzene rings is 3. The normalized spacial score (nSPS) is 14.1. The molecule has 0 aliphatic carbocycles. The molecular formula is C28H25BClF3N2O6. The van der Waals surface area contributed by atoms with Crippen molar-refractivity contribution in [1.29, 1.82) is 0 Å². The van der Waals surface area contributed by atoms with Gasteiger partial charge in [0.15, 0.2) is 0 Å². The van der Waals surface area contributed by atoms with Gasteiger partial charge in [-0.1, -0.05) is 29.8 Å². The van der Waals surface area contributed by atoms with E-state index in [-0.39, 0.29) is 31.7 Å². The Bertz CT molecular complexity index is 1420. The third-order valence-corrected chi connectivity index (χ3v) is 6.58. The second kappa shape index (κ2) is 12.2. The van der Waals surface area contributed by atoms with Crippen LogP contribution in [0, 0.1) is 0 Å². The molecule has 1 aliphatic heterocycles. The van der Waals surface area contributed by atoms with Crippen LogP contribution in [0.15, 0.2) is 60.7 Å². The lowest BCUT2D eigenvalue weighted by atomic mass is 9.70. The van der Waals surface area contributed by atoms with Gasteiger partial charge in [0.25, 0.3) is 0 Å². The molecule has 2 radical (unpaired) electrons. The van der Waals surface area contributed by atoms with Crippen molar-refractivity contribution >= 4 is 42.7 Å². The van der Waals surface area contributed by atoms with Crippen molar-refractivity contribution in [3.05, 3.63) is 76.8 Å². The highest BCUT2D eigenvalue weighted by Gasteiger charge is 2.41. The molecule has 1 heterocycles. The highest BCUT2D eigenvalue weighted by Crippen LogP contribution is 2.38. The number of amides is 1. The number of methoxy groups -OCH3 is 1. The Morgan fingerprint density at radius 1 is 1.05 bits per heavy atom. The quantitative estimate of drug-likeness (QED) is 0.225. The molecule has 0 spiro atoms. The van der Waals surface area contributed by atoms with Gasteiger partial charge in [-0.15, -0.1) is 13.2 Å². The van der Waals surface area contributed by atoms with Crippen molar-refractivity contribution in [3.63, 3.8) is 0 Å². The molecule has 0 fully saturated rings. The first-order valence-corrected chi connectivity index (χ1v) is 12.8. The van der Waals surface area contributed by atoms with Gasteiger partial charge in [-0.25, -0.2) is 0 Å². The van der Waals surface area contributed by atoms with Crippen LogP contribution < -0.4 is 24.4 Å². The van der Waals surface area contributed by atoms with E-state index < -0.39 is 29.4 Å². The Kier molecular flexibility index (Phi) is 8.91. The number of anilines is 2. The molecule has 0 aromatic heterocycles. The van der Waals surface area contributed by atoms with E-state index in [9.17, 15) is 22.8 Å². The summed E-state index contributed by atoms with van der Waals surface area (Å²) in [5.74, 6) is -1.35. The van der Waals surface area contributed by atoms with Crippen molar-refractivity contribution < 1.29 is 42.1 Å². The summed E-state index contributed by atoms with van der Waals surface area (Å²) in [6, 6.07) is 14.8. The minimum Gasteiger partial charge on any atom is -0.497 e. The smallest absolute Gasteiger partial charge is 0.497 e. The maximum Gasteiger partial charge on any atom is 0.573 e. The van der Waals surface area contributed by atoms with Gasteiger partial charge in [0.2, 0.25) is 5.91 Å². The standard InChI is InChI=1S/C28H25BClF3N2O6/c1-39-22-13-20(14-23(15-22)40-12-2-3-25(36)37)34-27(29,18-5-7-19(30)8-6-18)26(38)35-11-10-17-4-9-21(16-24(17)35)41-28(31,32)33/h4-9,13-16,34H,2-3,10-12H2,1H3,(H,36,37). The minimum atomic E-state index is -4.90. The van der Waals surface area contributed by atoms with Crippen molar-refractivity contribution in [1.82, 2.24) is 0 Å². The molecule has 2 N–H and O–H groups in total. The lowest BCUT2D eigenvalue weighted by Crippen LogP contribution is -2.52. The number of halogens is 4. The molecule has 3 aromatic carbocycles. The number of carboxylic acids is 1. The number of fused-ring (bicyclic) bond motifs is 1. The SMILES string of the molecule is [B]C(Nc1cc(OC)cc(OCCCC(=O)O)c1)(C(=O)N1CCc2ccc(OC(F)(F)F)cc21)c1ccc(Cl)cc1. The van der Waals surface area contributed by atoms with Crippen molar-refractivity contribution in [3.8, 4) is 17.2 Å². The van der Waals surface area contributed by atoms with Crippen LogP contribution in [0.3, 0.4) is 0 Å². The van der Waals surface area contributed by atoms with Gasteiger partial charge in [-0.2, -0.15) is 0 Å². The average molecular weight is 589 g/mol. The molecule has 0 bridgehead atoms. The first-order valence-electron chi connectivity index (χ1n) is 12.5. The van der Waals surface area contributed by atoms with Crippen LogP contribution in [0.1, 0.15) is 24.0 Å². The zero-order valence-corrected chi connectivity index (χ0v) is 22.6. The zero-order valence-electron chi connectivity index (χ0n) is 21.8. The first kappa shape index (κ1) is 29.9. The Balaban J connectivity index is 1.69. The summed E-state index contributed by atoms with van der Waals surface area (Å²) in [4.78, 5) is 26.3. The second-order valence-corrected chi connectivity index (χ2v) is 9.66. The molecule has 13 heteroatoms. The molecule has 8 nitrogen and oxygen atoms in total. The fourth-order valence-corrected chi connectivity index (χ4v) is 4.55. The van der Waals surface area contributed by atoms with Crippen LogP contribution in [0.4, 0.5) is 24.5 Å². The van der Waals surface area contributed by atoms with Crippen LogP contribution in [0.5, 0.6) is 17.2 Å². The summed E-state index contributed by atoms with van der Waals surface area (Å²) in [5.41, 5.74) is -0.355. The molecule has 0 saturated heterocycles.